The van der Waals surface area contributed by atoms with Crippen molar-refractivity contribution >= 4 is 97.7 Å². The Morgan fingerprint density at radius 2 is 0.536 bits per heavy atom. The Morgan fingerprint density at radius 1 is 0.186 bits per heavy atom. The molecule has 0 aliphatic heterocycles. The number of rotatable bonds is 7. The van der Waals surface area contributed by atoms with Crippen molar-refractivity contribution in [2.24, 2.45) is 0 Å². The van der Waals surface area contributed by atoms with E-state index < -0.39 is 0 Å². The average Bonchev–Trinajstić information content (AvgIpc) is 1.73. The number of fused-ring (bicyclic) bond motifs is 16. The summed E-state index contributed by atoms with van der Waals surface area (Å²) in [4.78, 5) is 0. The lowest BCUT2D eigenvalue weighted by atomic mass is 9.81. The van der Waals surface area contributed by atoms with Crippen LogP contribution in [0.25, 0.3) is 187 Å². The first-order chi connectivity index (χ1) is 47.8. The lowest BCUT2D eigenvalue weighted by Crippen LogP contribution is -2.14. The van der Waals surface area contributed by atoms with Gasteiger partial charge >= 0.3 is 0 Å². The Labute approximate surface area is 562 Å². The van der Waals surface area contributed by atoms with Crippen LogP contribution in [0.1, 0.15) is 25.0 Å². The molecule has 0 radical (unpaired) electrons. The van der Waals surface area contributed by atoms with Crippen molar-refractivity contribution in [3.05, 3.63) is 351 Å². The molecule has 0 saturated heterocycles. The van der Waals surface area contributed by atoms with Gasteiger partial charge in [-0.2, -0.15) is 0 Å². The van der Waals surface area contributed by atoms with Crippen LogP contribution in [0.5, 0.6) is 0 Å². The quantitative estimate of drug-likeness (QED) is 0.149. The molecule has 17 aromatic carbocycles. The van der Waals surface area contributed by atoms with Crippen LogP contribution in [0.3, 0.4) is 0 Å². The summed E-state index contributed by atoms with van der Waals surface area (Å²) in [7, 11) is 0. The Bertz CT molecular complexity index is 6380. The van der Waals surface area contributed by atoms with Gasteiger partial charge < -0.3 is 8.83 Å². The Kier molecular flexibility index (Phi) is 13.0. The van der Waals surface area contributed by atoms with E-state index in [9.17, 15) is 0 Å². The zero-order valence-corrected chi connectivity index (χ0v) is 53.6. The summed E-state index contributed by atoms with van der Waals surface area (Å²) in [5.74, 6) is 0. The second-order valence-electron chi connectivity index (χ2n) is 26.6. The smallest absolute Gasteiger partial charge is 0.143 e. The second-order valence-corrected chi connectivity index (χ2v) is 26.6. The summed E-state index contributed by atoms with van der Waals surface area (Å²) in [6.45, 7) is 4.70. The first kappa shape index (κ1) is 56.2. The van der Waals surface area contributed by atoms with Crippen LogP contribution >= 0.6 is 0 Å². The van der Waals surface area contributed by atoms with E-state index in [1.54, 1.807) is 0 Å². The normalized spacial score (nSPS) is 12.5. The van der Waals surface area contributed by atoms with Crippen LogP contribution in [-0.4, -0.2) is 0 Å². The van der Waals surface area contributed by atoms with E-state index in [-0.39, 0.29) is 5.41 Å². The molecule has 0 atom stereocenters. The van der Waals surface area contributed by atoms with Gasteiger partial charge in [0.2, 0.25) is 0 Å². The molecule has 97 heavy (non-hydrogen) atoms. The number of hydrogen-bond donors (Lipinski definition) is 0. The highest BCUT2D eigenvalue weighted by Crippen LogP contribution is 2.50. The number of hydrogen-bond acceptors (Lipinski definition) is 2. The minimum Gasteiger partial charge on any atom is -0.455 e. The molecule has 2 heterocycles. The first-order valence-electron chi connectivity index (χ1n) is 33.6. The van der Waals surface area contributed by atoms with Crippen molar-refractivity contribution in [2.45, 2.75) is 19.3 Å². The number of benzene rings is 17. The van der Waals surface area contributed by atoms with E-state index in [4.69, 9.17) is 8.83 Å². The molecule has 0 amide bonds. The van der Waals surface area contributed by atoms with Gasteiger partial charge in [-0.1, -0.05) is 305 Å². The number of furan rings is 2. The summed E-state index contributed by atoms with van der Waals surface area (Å²) < 4.78 is 12.7. The zero-order valence-electron chi connectivity index (χ0n) is 53.6. The van der Waals surface area contributed by atoms with Crippen LogP contribution in [0.15, 0.2) is 349 Å². The first-order valence-corrected chi connectivity index (χ1v) is 33.6. The molecular weight excluding hydrogens is 1170 g/mol. The van der Waals surface area contributed by atoms with Gasteiger partial charge in [0.05, 0.1) is 0 Å². The maximum absolute atomic E-state index is 6.35. The zero-order chi connectivity index (χ0) is 64.3. The molecule has 0 N–H and O–H groups in total. The van der Waals surface area contributed by atoms with Crippen LogP contribution < -0.4 is 0 Å². The minimum absolute atomic E-state index is 0.0193. The molecule has 0 bridgehead atoms. The molecule has 2 nitrogen and oxygen atoms in total. The van der Waals surface area contributed by atoms with Crippen molar-refractivity contribution in [1.29, 1.82) is 0 Å². The van der Waals surface area contributed by atoms with E-state index in [1.807, 2.05) is 24.3 Å². The van der Waals surface area contributed by atoms with Gasteiger partial charge in [0.1, 0.15) is 22.3 Å². The van der Waals surface area contributed by atoms with Crippen LogP contribution in [0.4, 0.5) is 0 Å². The third-order valence-corrected chi connectivity index (χ3v) is 20.8. The van der Waals surface area contributed by atoms with E-state index in [0.29, 0.717) is 0 Å². The second kappa shape index (κ2) is 22.4. The Balaban J connectivity index is 0.000000136. The number of para-hydroxylation sites is 4. The molecule has 0 saturated carbocycles. The molecule has 0 unspecified atom stereocenters. The third-order valence-electron chi connectivity index (χ3n) is 20.8. The van der Waals surface area contributed by atoms with Crippen LogP contribution in [0, 0.1) is 0 Å². The third kappa shape index (κ3) is 9.39. The Hall–Kier alpha value is -12.4. The fourth-order valence-corrected chi connectivity index (χ4v) is 15.8. The summed E-state index contributed by atoms with van der Waals surface area (Å²) >= 11 is 0. The van der Waals surface area contributed by atoms with Crippen molar-refractivity contribution in [2.75, 3.05) is 0 Å². The summed E-state index contributed by atoms with van der Waals surface area (Å²) in [5.41, 5.74) is 26.1. The monoisotopic (exact) mass is 1230 g/mol. The van der Waals surface area contributed by atoms with Gasteiger partial charge in [0.25, 0.3) is 0 Å². The predicted octanol–water partition coefficient (Wildman–Crippen LogP) is 26.9. The largest absolute Gasteiger partial charge is 0.455 e. The van der Waals surface area contributed by atoms with Gasteiger partial charge in [-0.3, -0.25) is 0 Å². The topological polar surface area (TPSA) is 26.3 Å². The van der Waals surface area contributed by atoms with Gasteiger partial charge in [0, 0.05) is 38.1 Å². The maximum atomic E-state index is 6.35. The minimum atomic E-state index is -0.0193. The van der Waals surface area contributed by atoms with E-state index in [0.717, 1.165) is 66.1 Å². The van der Waals surface area contributed by atoms with Crippen molar-refractivity contribution in [1.82, 2.24) is 0 Å². The standard InChI is InChI=1S/C48H30O.C47H32O/c1-2-9-36-28-37(25-20-31(36)8-1)32-16-18-33(19-17-32)38-26-27-39-30-45(41-10-3-4-11-42(41)46(39)29-38)35-23-21-34(22-24-35)40-13-7-14-44-43-12-5-6-15-47(43)49-48(40)44;1-47(2)43-16-7-5-12-37(43)38-25-24-32(28-44(38)47)31-22-23-33-27-41(35-10-3-4-11-36(35)42(33)26-31)30-20-18-29(19-21-30)34-14-9-15-40-39-13-6-8-17-45(39)48-46(34)40/h1-30H;3-28H,1-2H3. The molecular formula is C95H62O2. The molecule has 1 aliphatic rings. The fourth-order valence-electron chi connectivity index (χ4n) is 15.8. The predicted molar refractivity (Wildman–Crippen MR) is 411 cm³/mol. The molecule has 454 valence electrons. The van der Waals surface area contributed by atoms with E-state index in [1.165, 1.54) is 132 Å². The Morgan fingerprint density at radius 3 is 1.07 bits per heavy atom. The molecule has 20 rings (SSSR count). The van der Waals surface area contributed by atoms with Gasteiger partial charge in [-0.15, -0.1) is 0 Å². The highest BCUT2D eigenvalue weighted by molar-refractivity contribution is 6.17. The molecule has 1 aliphatic carbocycles. The lowest BCUT2D eigenvalue weighted by Gasteiger charge is -2.22. The van der Waals surface area contributed by atoms with Crippen LogP contribution in [-0.2, 0) is 5.41 Å². The van der Waals surface area contributed by atoms with Crippen molar-refractivity contribution in [3.8, 4) is 89.0 Å². The van der Waals surface area contributed by atoms with Gasteiger partial charge in [-0.05, 0) is 191 Å². The van der Waals surface area contributed by atoms with Crippen molar-refractivity contribution in [3.63, 3.8) is 0 Å². The van der Waals surface area contributed by atoms with Crippen molar-refractivity contribution < 1.29 is 8.83 Å². The molecule has 0 spiro atoms. The van der Waals surface area contributed by atoms with E-state index in [2.05, 4.69) is 329 Å². The summed E-state index contributed by atoms with van der Waals surface area (Å²) in [6.07, 6.45) is 0. The summed E-state index contributed by atoms with van der Waals surface area (Å²) in [5, 5.41) is 17.2. The summed E-state index contributed by atoms with van der Waals surface area (Å²) in [6, 6.07) is 124. The van der Waals surface area contributed by atoms with E-state index >= 15 is 0 Å². The lowest BCUT2D eigenvalue weighted by molar-refractivity contribution is 0.660. The highest BCUT2D eigenvalue weighted by Gasteiger charge is 2.35. The molecule has 19 aromatic rings. The van der Waals surface area contributed by atoms with Crippen LogP contribution in [0.2, 0.25) is 0 Å². The fraction of sp³-hybridized carbons (Fsp3) is 0.0316. The SMILES string of the molecule is CC1(C)c2ccccc2-c2ccc(-c3ccc4cc(-c5ccc(-c6cccc7c6oc6ccccc67)cc5)c5ccccc5c4c3)cc21.c1ccc2cc(-c3ccc(-c4ccc5cc(-c6ccc(-c7cccc8c7oc7ccccc78)cc6)c6ccccc6c5c4)cc3)ccc2c1. The maximum Gasteiger partial charge on any atom is 0.143 e. The van der Waals surface area contributed by atoms with Gasteiger partial charge in [0.15, 0.2) is 0 Å². The molecule has 0 fully saturated rings. The van der Waals surface area contributed by atoms with Gasteiger partial charge in [-0.25, -0.2) is 0 Å². The molecule has 2 aromatic heterocycles. The average molecular weight is 1240 g/mol. The highest BCUT2D eigenvalue weighted by atomic mass is 16.3. The molecule has 2 heteroatoms.